The van der Waals surface area contributed by atoms with Crippen LogP contribution in [0.25, 0.3) is 11.2 Å². The minimum atomic E-state index is -5.51. The molecule has 3 atom stereocenters. The van der Waals surface area contributed by atoms with Gasteiger partial charge < -0.3 is 34.2 Å². The molecule has 2 unspecified atom stereocenters. The molecule has 15 nitrogen and oxygen atoms in total. The summed E-state index contributed by atoms with van der Waals surface area (Å²) in [5, 5.41) is 3.28. The van der Waals surface area contributed by atoms with E-state index in [1.165, 1.54) is 44.8 Å². The minimum Gasteiger partial charge on any atom is -0.368 e. The van der Waals surface area contributed by atoms with Crippen molar-refractivity contribution in [3.8, 4) is 0 Å². The van der Waals surface area contributed by atoms with Crippen LogP contribution >= 0.6 is 23.2 Å². The second-order valence-corrected chi connectivity index (χ2v) is 13.0. The van der Waals surface area contributed by atoms with Crippen molar-refractivity contribution >= 4 is 40.2 Å². The van der Waals surface area contributed by atoms with E-state index >= 15 is 0 Å². The molecule has 206 valence electrons. The van der Waals surface area contributed by atoms with Gasteiger partial charge in [-0.05, 0) is 13.3 Å². The van der Waals surface area contributed by atoms with Crippen molar-refractivity contribution < 1.29 is 46.6 Å². The molecular weight excluding hydrogens is 539 g/mol. The fraction of sp³-hybridized carbons (Fsp3) is 0.722. The number of aromatic nitrogens is 4. The maximum absolute atomic E-state index is 12.0. The monoisotopic (exact) mass is 573 g/mol. The quantitative estimate of drug-likeness (QED) is 0.127. The number of ether oxygens (including phenoxy) is 1. The van der Waals surface area contributed by atoms with E-state index in [2.05, 4.69) is 35.8 Å². The molecule has 2 rings (SSSR count). The first-order chi connectivity index (χ1) is 16.8. The van der Waals surface area contributed by atoms with Crippen molar-refractivity contribution in [2.45, 2.75) is 71.4 Å². The molecule has 0 radical (unpaired) electrons. The van der Waals surface area contributed by atoms with Crippen LogP contribution in [0.5, 0.6) is 0 Å². The number of imidazole rings is 1. The third-order valence-corrected chi connectivity index (χ3v) is 8.89. The van der Waals surface area contributed by atoms with Crippen LogP contribution in [0, 0.1) is 0 Å². The van der Waals surface area contributed by atoms with Crippen LogP contribution in [0.2, 0.25) is 0 Å². The summed E-state index contributed by atoms with van der Waals surface area (Å²) in [4.78, 5) is 48.9. The van der Waals surface area contributed by atoms with Crippen molar-refractivity contribution in [1.29, 1.82) is 0 Å². The Morgan fingerprint density at radius 2 is 1.64 bits per heavy atom. The van der Waals surface area contributed by atoms with Gasteiger partial charge in [-0.3, -0.25) is 4.57 Å². The van der Waals surface area contributed by atoms with E-state index in [4.69, 9.17) is 14.5 Å². The Labute approximate surface area is 209 Å². The maximum atomic E-state index is 12.0. The summed E-state index contributed by atoms with van der Waals surface area (Å²) in [6.45, 7) is 4.66. The molecule has 0 aromatic carbocycles. The second kappa shape index (κ2) is 14.1. The Kier molecular flexibility index (Phi) is 12.1. The molecule has 2 aromatic rings. The summed E-state index contributed by atoms with van der Waals surface area (Å²) in [7, 11) is -15.8. The standard InChI is InChI=1S/C18H34N5O10P3/c1-3-4-5-6-7-8-9-10-19-17-16-18(21-12-20-17)23(13-22-16)11-15(2)31-14-34(24,25)32-36(29,30)33-35(26,27)28/h12-13,15H,3-11,14H2,1-2H3,(H,24,25)(H,29,30)(H,19,20,21)(H2,26,27,28)/t15-/m1/s1. The molecule has 2 aromatic heterocycles. The van der Waals surface area contributed by atoms with Gasteiger partial charge in [0.15, 0.2) is 11.5 Å². The highest BCUT2D eigenvalue weighted by atomic mass is 31.3. The summed E-state index contributed by atoms with van der Waals surface area (Å²) in [6, 6.07) is 0. The highest BCUT2D eigenvalue weighted by Gasteiger charge is 2.39. The second-order valence-electron chi connectivity index (χ2n) is 8.21. The first kappa shape index (κ1) is 31.0. The van der Waals surface area contributed by atoms with E-state index in [1.807, 2.05) is 0 Å². The summed E-state index contributed by atoms with van der Waals surface area (Å²) < 4.78 is 48.5. The zero-order valence-corrected chi connectivity index (χ0v) is 22.9. The number of hydrogen-bond acceptors (Lipinski definition) is 10. The smallest absolute Gasteiger partial charge is 0.368 e. The Morgan fingerprint density at radius 3 is 2.31 bits per heavy atom. The minimum absolute atomic E-state index is 0.153. The molecule has 0 saturated heterocycles. The number of unbranched alkanes of at least 4 members (excludes halogenated alkanes) is 6. The van der Waals surface area contributed by atoms with Gasteiger partial charge in [-0.25, -0.2) is 28.4 Å². The lowest BCUT2D eigenvalue weighted by Gasteiger charge is -2.19. The lowest BCUT2D eigenvalue weighted by atomic mass is 10.1. The Hall–Kier alpha value is -1.24. The zero-order chi connectivity index (χ0) is 26.8. The average molecular weight is 573 g/mol. The largest absolute Gasteiger partial charge is 0.488 e. The molecule has 0 fully saturated rings. The van der Waals surface area contributed by atoms with E-state index < -0.39 is 35.7 Å². The lowest BCUT2D eigenvalue weighted by molar-refractivity contribution is 0.0757. The summed E-state index contributed by atoms with van der Waals surface area (Å²) in [5.74, 6) is 0.593. The molecule has 0 aliphatic rings. The van der Waals surface area contributed by atoms with Crippen LogP contribution < -0.4 is 5.32 Å². The number of nitrogens with one attached hydrogen (secondary N) is 1. The first-order valence-electron chi connectivity index (χ1n) is 11.5. The van der Waals surface area contributed by atoms with Crippen LogP contribution in [0.15, 0.2) is 12.7 Å². The van der Waals surface area contributed by atoms with Crippen molar-refractivity contribution in [1.82, 2.24) is 19.5 Å². The van der Waals surface area contributed by atoms with E-state index in [9.17, 15) is 23.5 Å². The van der Waals surface area contributed by atoms with E-state index in [0.29, 0.717) is 17.0 Å². The summed E-state index contributed by atoms with van der Waals surface area (Å²) in [6.07, 6.45) is 9.53. The highest BCUT2D eigenvalue weighted by molar-refractivity contribution is 7.68. The van der Waals surface area contributed by atoms with Crippen molar-refractivity contribution in [2.24, 2.45) is 0 Å². The molecule has 0 aliphatic heterocycles. The Balaban J connectivity index is 1.87. The van der Waals surface area contributed by atoms with Crippen LogP contribution in [-0.4, -0.2) is 58.1 Å². The van der Waals surface area contributed by atoms with Crippen molar-refractivity contribution in [3.63, 3.8) is 0 Å². The van der Waals surface area contributed by atoms with Crippen molar-refractivity contribution in [3.05, 3.63) is 12.7 Å². The van der Waals surface area contributed by atoms with Gasteiger partial charge in [-0.15, -0.1) is 0 Å². The Morgan fingerprint density at radius 1 is 0.972 bits per heavy atom. The van der Waals surface area contributed by atoms with Gasteiger partial charge in [0.2, 0.25) is 0 Å². The molecule has 5 N–H and O–H groups in total. The summed E-state index contributed by atoms with van der Waals surface area (Å²) >= 11 is 0. The fourth-order valence-electron chi connectivity index (χ4n) is 3.32. The first-order valence-corrected chi connectivity index (χ1v) is 16.2. The van der Waals surface area contributed by atoms with Crippen molar-refractivity contribution in [2.75, 3.05) is 18.2 Å². The van der Waals surface area contributed by atoms with E-state index in [1.54, 1.807) is 11.5 Å². The van der Waals surface area contributed by atoms with Gasteiger partial charge >= 0.3 is 23.2 Å². The molecule has 2 heterocycles. The number of nitrogens with zero attached hydrogens (tertiary/aromatic N) is 4. The van der Waals surface area contributed by atoms with E-state index in [0.717, 1.165) is 19.4 Å². The normalized spacial score (nSPS) is 16.5. The molecule has 0 amide bonds. The maximum Gasteiger partial charge on any atom is 0.488 e. The zero-order valence-electron chi connectivity index (χ0n) is 20.2. The molecule has 0 aliphatic carbocycles. The third-order valence-electron chi connectivity index (χ3n) is 4.89. The molecule has 0 spiro atoms. The van der Waals surface area contributed by atoms with Gasteiger partial charge in [-0.2, -0.15) is 4.31 Å². The van der Waals surface area contributed by atoms with Crippen LogP contribution in [-0.2, 0) is 33.6 Å². The molecule has 36 heavy (non-hydrogen) atoms. The van der Waals surface area contributed by atoms with E-state index in [-0.39, 0.29) is 6.54 Å². The molecular formula is C18H34N5O10P3. The average Bonchev–Trinajstić information content (AvgIpc) is 3.15. The number of phosphoric acid groups is 2. The number of rotatable bonds is 18. The molecule has 0 bridgehead atoms. The third kappa shape index (κ3) is 11.4. The number of anilines is 1. The van der Waals surface area contributed by atoms with Gasteiger partial charge in [0.05, 0.1) is 19.0 Å². The highest BCUT2D eigenvalue weighted by Crippen LogP contribution is 2.65. The predicted molar refractivity (Wildman–Crippen MR) is 131 cm³/mol. The molecule has 0 saturated carbocycles. The topological polar surface area (TPSA) is 215 Å². The van der Waals surface area contributed by atoms with Gasteiger partial charge in [0.25, 0.3) is 0 Å². The SMILES string of the molecule is CCCCCCCCCNc1ncnc2c1ncn2C[C@@H](C)OCP(=O)(O)OP(=O)(O)OP(=O)(O)O. The number of hydrogen-bond donors (Lipinski definition) is 5. The summed E-state index contributed by atoms with van der Waals surface area (Å²) in [5.41, 5.74) is 1.07. The number of fused-ring (bicyclic) bond motifs is 1. The lowest BCUT2D eigenvalue weighted by Crippen LogP contribution is -2.17. The predicted octanol–water partition coefficient (Wildman–Crippen LogP) is 3.76. The molecule has 18 heteroatoms. The Bertz CT molecular complexity index is 1110. The van der Waals surface area contributed by atoms with Gasteiger partial charge in [0.1, 0.15) is 18.2 Å². The van der Waals surface area contributed by atoms with Gasteiger partial charge in [-0.1, -0.05) is 45.4 Å². The van der Waals surface area contributed by atoms with Crippen LogP contribution in [0.4, 0.5) is 5.82 Å². The fourth-order valence-corrected chi connectivity index (χ4v) is 6.70. The van der Waals surface area contributed by atoms with Crippen LogP contribution in [0.3, 0.4) is 0 Å². The van der Waals surface area contributed by atoms with Gasteiger partial charge in [0, 0.05) is 6.54 Å². The van der Waals surface area contributed by atoms with Crippen LogP contribution in [0.1, 0.15) is 58.8 Å².